The van der Waals surface area contributed by atoms with Crippen LogP contribution in [0.1, 0.15) is 19.4 Å². The summed E-state index contributed by atoms with van der Waals surface area (Å²) in [7, 11) is 0. The number of aryl methyl sites for hydroxylation is 1. The van der Waals surface area contributed by atoms with E-state index in [2.05, 4.69) is 24.1 Å². The number of nitrogens with one attached hydrogen (secondary N) is 1. The molecular formula is C11H17ClN2. The van der Waals surface area contributed by atoms with Crippen molar-refractivity contribution in [2.24, 2.45) is 5.92 Å². The Kier molecular flexibility index (Phi) is 4.21. The van der Waals surface area contributed by atoms with Crippen molar-refractivity contribution >= 4 is 17.4 Å². The summed E-state index contributed by atoms with van der Waals surface area (Å²) < 4.78 is 0. The van der Waals surface area contributed by atoms with Crippen molar-refractivity contribution in [1.82, 2.24) is 4.98 Å². The minimum absolute atomic E-state index is 0.151. The number of alkyl halides is 1. The second kappa shape index (κ2) is 5.20. The molecule has 1 unspecified atom stereocenters. The molecule has 0 radical (unpaired) electrons. The normalized spacial score (nSPS) is 12.9. The van der Waals surface area contributed by atoms with E-state index in [-0.39, 0.29) is 5.38 Å². The van der Waals surface area contributed by atoms with Crippen LogP contribution in [0.15, 0.2) is 18.3 Å². The zero-order valence-electron chi connectivity index (χ0n) is 8.92. The van der Waals surface area contributed by atoms with Gasteiger partial charge >= 0.3 is 0 Å². The molecule has 0 aliphatic heterocycles. The molecule has 0 aliphatic carbocycles. The number of halogens is 1. The van der Waals surface area contributed by atoms with Gasteiger partial charge in [0, 0.05) is 12.7 Å². The summed E-state index contributed by atoms with van der Waals surface area (Å²) in [5, 5.41) is 3.36. The standard InChI is InChI=1S/C11H17ClN2/c1-8(2)10(12)7-14-11-5-4-9(3)6-13-11/h4-6,8,10H,7H2,1-3H3,(H,13,14). The third-order valence-electron chi connectivity index (χ3n) is 2.11. The van der Waals surface area contributed by atoms with Crippen LogP contribution in [0.25, 0.3) is 0 Å². The van der Waals surface area contributed by atoms with E-state index in [0.29, 0.717) is 5.92 Å². The van der Waals surface area contributed by atoms with E-state index in [1.165, 1.54) is 5.56 Å². The molecule has 0 fully saturated rings. The molecule has 2 nitrogen and oxygen atoms in total. The molecule has 3 heteroatoms. The first-order valence-corrected chi connectivity index (χ1v) is 5.34. The Hall–Kier alpha value is -0.760. The zero-order chi connectivity index (χ0) is 10.6. The van der Waals surface area contributed by atoms with Crippen LogP contribution in [0.4, 0.5) is 5.82 Å². The van der Waals surface area contributed by atoms with Crippen LogP contribution >= 0.6 is 11.6 Å². The lowest BCUT2D eigenvalue weighted by Gasteiger charge is -2.14. The van der Waals surface area contributed by atoms with Gasteiger partial charge in [-0.2, -0.15) is 0 Å². The summed E-state index contributed by atoms with van der Waals surface area (Å²) in [6, 6.07) is 4.01. The molecule has 1 heterocycles. The number of hydrogen-bond acceptors (Lipinski definition) is 2. The highest BCUT2D eigenvalue weighted by atomic mass is 35.5. The Balaban J connectivity index is 2.42. The van der Waals surface area contributed by atoms with Gasteiger partial charge in [0.15, 0.2) is 0 Å². The second-order valence-corrected chi connectivity index (χ2v) is 4.42. The number of anilines is 1. The van der Waals surface area contributed by atoms with Crippen molar-refractivity contribution in [1.29, 1.82) is 0 Å². The van der Waals surface area contributed by atoms with Crippen molar-refractivity contribution in [3.8, 4) is 0 Å². The van der Waals surface area contributed by atoms with Gasteiger partial charge in [-0.25, -0.2) is 4.98 Å². The number of hydrogen-bond donors (Lipinski definition) is 1. The Morgan fingerprint density at radius 3 is 2.64 bits per heavy atom. The topological polar surface area (TPSA) is 24.9 Å². The Morgan fingerprint density at radius 1 is 1.43 bits per heavy atom. The van der Waals surface area contributed by atoms with Crippen LogP contribution in [0.5, 0.6) is 0 Å². The van der Waals surface area contributed by atoms with Crippen molar-refractivity contribution in [3.63, 3.8) is 0 Å². The Labute approximate surface area is 90.7 Å². The summed E-state index contributed by atoms with van der Waals surface area (Å²) in [5.41, 5.74) is 1.17. The first kappa shape index (κ1) is 11.3. The van der Waals surface area contributed by atoms with Crippen LogP contribution in [0, 0.1) is 12.8 Å². The van der Waals surface area contributed by atoms with Gasteiger partial charge in [-0.15, -0.1) is 11.6 Å². The average Bonchev–Trinajstić information content (AvgIpc) is 2.16. The maximum Gasteiger partial charge on any atom is 0.125 e. The Morgan fingerprint density at radius 2 is 2.14 bits per heavy atom. The van der Waals surface area contributed by atoms with E-state index in [9.17, 15) is 0 Å². The SMILES string of the molecule is Cc1ccc(NCC(Cl)C(C)C)nc1. The minimum atomic E-state index is 0.151. The van der Waals surface area contributed by atoms with Gasteiger partial charge < -0.3 is 5.32 Å². The molecule has 1 aromatic rings. The molecule has 0 spiro atoms. The van der Waals surface area contributed by atoms with E-state index >= 15 is 0 Å². The molecular weight excluding hydrogens is 196 g/mol. The van der Waals surface area contributed by atoms with Crippen molar-refractivity contribution in [2.45, 2.75) is 26.1 Å². The van der Waals surface area contributed by atoms with Gasteiger partial charge in [0.25, 0.3) is 0 Å². The minimum Gasteiger partial charge on any atom is -0.369 e. The third kappa shape index (κ3) is 3.54. The summed E-state index contributed by atoms with van der Waals surface area (Å²) >= 11 is 6.11. The quantitative estimate of drug-likeness (QED) is 0.776. The second-order valence-electron chi connectivity index (χ2n) is 3.86. The molecule has 0 aromatic carbocycles. The fourth-order valence-electron chi connectivity index (χ4n) is 1.01. The summed E-state index contributed by atoms with van der Waals surface area (Å²) in [6.45, 7) is 7.01. The molecule has 0 amide bonds. The summed E-state index contributed by atoms with van der Waals surface area (Å²) in [4.78, 5) is 4.24. The third-order valence-corrected chi connectivity index (χ3v) is 2.77. The summed E-state index contributed by atoms with van der Waals surface area (Å²) in [6.07, 6.45) is 1.85. The van der Waals surface area contributed by atoms with Gasteiger partial charge in [0.2, 0.25) is 0 Å². The monoisotopic (exact) mass is 212 g/mol. The fourth-order valence-corrected chi connectivity index (χ4v) is 1.09. The molecule has 0 bridgehead atoms. The number of rotatable bonds is 4. The number of pyridine rings is 1. The van der Waals surface area contributed by atoms with E-state index in [1.54, 1.807) is 0 Å². The molecule has 0 aliphatic rings. The van der Waals surface area contributed by atoms with Gasteiger partial charge in [0.1, 0.15) is 5.82 Å². The zero-order valence-corrected chi connectivity index (χ0v) is 9.67. The van der Waals surface area contributed by atoms with Crippen molar-refractivity contribution in [3.05, 3.63) is 23.9 Å². The largest absolute Gasteiger partial charge is 0.369 e. The van der Waals surface area contributed by atoms with Crippen molar-refractivity contribution in [2.75, 3.05) is 11.9 Å². The van der Waals surface area contributed by atoms with Crippen LogP contribution in [-0.4, -0.2) is 16.9 Å². The van der Waals surface area contributed by atoms with Gasteiger partial charge in [-0.1, -0.05) is 19.9 Å². The lowest BCUT2D eigenvalue weighted by molar-refractivity contribution is 0.615. The van der Waals surface area contributed by atoms with Crippen molar-refractivity contribution < 1.29 is 0 Å². The van der Waals surface area contributed by atoms with E-state index in [1.807, 2.05) is 25.3 Å². The maximum absolute atomic E-state index is 6.11. The highest BCUT2D eigenvalue weighted by molar-refractivity contribution is 6.21. The summed E-state index contributed by atoms with van der Waals surface area (Å²) in [5.74, 6) is 1.37. The number of aromatic nitrogens is 1. The molecule has 1 N–H and O–H groups in total. The van der Waals surface area contributed by atoms with E-state index < -0.39 is 0 Å². The van der Waals surface area contributed by atoms with Crippen LogP contribution < -0.4 is 5.32 Å². The lowest BCUT2D eigenvalue weighted by Crippen LogP contribution is -2.19. The first-order valence-electron chi connectivity index (χ1n) is 4.90. The predicted molar refractivity (Wildman–Crippen MR) is 61.9 cm³/mol. The van der Waals surface area contributed by atoms with Gasteiger partial charge in [-0.05, 0) is 24.5 Å². The molecule has 0 saturated heterocycles. The van der Waals surface area contributed by atoms with E-state index in [4.69, 9.17) is 11.6 Å². The van der Waals surface area contributed by atoms with Gasteiger partial charge in [0.05, 0.1) is 5.38 Å². The van der Waals surface area contributed by atoms with Gasteiger partial charge in [-0.3, -0.25) is 0 Å². The van der Waals surface area contributed by atoms with Crippen LogP contribution in [0.2, 0.25) is 0 Å². The average molecular weight is 213 g/mol. The molecule has 14 heavy (non-hydrogen) atoms. The lowest BCUT2D eigenvalue weighted by atomic mass is 10.1. The molecule has 78 valence electrons. The number of nitrogens with zero attached hydrogens (tertiary/aromatic N) is 1. The molecule has 1 atom stereocenters. The highest BCUT2D eigenvalue weighted by Gasteiger charge is 2.08. The fraction of sp³-hybridized carbons (Fsp3) is 0.545. The van der Waals surface area contributed by atoms with Crippen LogP contribution in [0.3, 0.4) is 0 Å². The van der Waals surface area contributed by atoms with Crippen LogP contribution in [-0.2, 0) is 0 Å². The molecule has 0 saturated carbocycles. The first-order chi connectivity index (χ1) is 6.59. The Bertz CT molecular complexity index is 269. The predicted octanol–water partition coefficient (Wildman–Crippen LogP) is 3.07. The molecule has 1 aromatic heterocycles. The molecule has 1 rings (SSSR count). The highest BCUT2D eigenvalue weighted by Crippen LogP contribution is 2.11. The van der Waals surface area contributed by atoms with E-state index in [0.717, 1.165) is 12.4 Å². The maximum atomic E-state index is 6.11. The smallest absolute Gasteiger partial charge is 0.125 e.